The Balaban J connectivity index is 1.36. The van der Waals surface area contributed by atoms with Crippen LogP contribution in [0.4, 0.5) is 10.5 Å². The molecule has 2 amide bonds. The second-order valence-corrected chi connectivity index (χ2v) is 7.22. The van der Waals surface area contributed by atoms with E-state index < -0.39 is 0 Å². The molecule has 0 spiro atoms. The lowest BCUT2D eigenvalue weighted by Gasteiger charge is -2.32. The maximum Gasteiger partial charge on any atom is 0.321 e. The van der Waals surface area contributed by atoms with Gasteiger partial charge in [-0.05, 0) is 36.8 Å². The fourth-order valence-corrected chi connectivity index (χ4v) is 3.92. The maximum absolute atomic E-state index is 12.7. The molecule has 4 heteroatoms. The fraction of sp³-hybridized carbons (Fsp3) is 0.318. The molecule has 1 aliphatic rings. The standard InChI is InChI=1S/C22H25N3O/c1-24-16-20(19-9-5-6-10-21(19)24)23-22(26)25-13-11-18(12-14-25)15-17-7-3-2-4-8-17/h2-10,16,18H,11-15H2,1H3,(H,23,26). The van der Waals surface area contributed by atoms with Crippen molar-refractivity contribution in [3.63, 3.8) is 0 Å². The minimum atomic E-state index is 0.0134. The lowest BCUT2D eigenvalue weighted by Crippen LogP contribution is -2.41. The highest BCUT2D eigenvalue weighted by molar-refractivity contribution is 6.01. The number of aromatic nitrogens is 1. The maximum atomic E-state index is 12.7. The number of hydrogen-bond donors (Lipinski definition) is 1. The topological polar surface area (TPSA) is 37.3 Å². The molecule has 4 nitrogen and oxygen atoms in total. The van der Waals surface area contributed by atoms with E-state index in [1.807, 2.05) is 30.3 Å². The van der Waals surface area contributed by atoms with Crippen LogP contribution >= 0.6 is 0 Å². The van der Waals surface area contributed by atoms with Crippen LogP contribution in [0.2, 0.25) is 0 Å². The van der Waals surface area contributed by atoms with Crippen molar-refractivity contribution in [1.82, 2.24) is 9.47 Å². The molecule has 4 rings (SSSR count). The second kappa shape index (κ2) is 7.24. The number of carbonyl (C=O) groups is 1. The van der Waals surface area contributed by atoms with Gasteiger partial charge in [0.1, 0.15) is 0 Å². The molecule has 134 valence electrons. The minimum absolute atomic E-state index is 0.0134. The van der Waals surface area contributed by atoms with Gasteiger partial charge in [-0.1, -0.05) is 48.5 Å². The predicted octanol–water partition coefficient (Wildman–Crippen LogP) is 4.66. The zero-order chi connectivity index (χ0) is 17.9. The third-order valence-electron chi connectivity index (χ3n) is 5.41. The first-order chi connectivity index (χ1) is 12.7. The van der Waals surface area contributed by atoms with Crippen molar-refractivity contribution in [2.24, 2.45) is 13.0 Å². The Bertz CT molecular complexity index is 892. The molecule has 1 fully saturated rings. The van der Waals surface area contributed by atoms with Crippen LogP contribution in [-0.2, 0) is 13.5 Å². The van der Waals surface area contributed by atoms with Crippen molar-refractivity contribution in [2.75, 3.05) is 18.4 Å². The number of nitrogens with one attached hydrogen (secondary N) is 1. The van der Waals surface area contributed by atoms with Gasteiger partial charge in [-0.25, -0.2) is 4.79 Å². The van der Waals surface area contributed by atoms with Crippen LogP contribution in [-0.4, -0.2) is 28.6 Å². The van der Waals surface area contributed by atoms with E-state index >= 15 is 0 Å². The fourth-order valence-electron chi connectivity index (χ4n) is 3.92. The summed E-state index contributed by atoms with van der Waals surface area (Å²) in [6.07, 6.45) is 5.24. The summed E-state index contributed by atoms with van der Waals surface area (Å²) in [6.45, 7) is 1.65. The Kier molecular flexibility index (Phi) is 4.65. The minimum Gasteiger partial charge on any atom is -0.348 e. The molecular formula is C22H25N3O. The van der Waals surface area contributed by atoms with E-state index in [9.17, 15) is 4.79 Å². The van der Waals surface area contributed by atoms with E-state index in [4.69, 9.17) is 0 Å². The quantitative estimate of drug-likeness (QED) is 0.735. The number of benzene rings is 2. The summed E-state index contributed by atoms with van der Waals surface area (Å²) >= 11 is 0. The zero-order valence-corrected chi connectivity index (χ0v) is 15.2. The number of fused-ring (bicyclic) bond motifs is 1. The third kappa shape index (κ3) is 3.45. The number of hydrogen-bond acceptors (Lipinski definition) is 1. The monoisotopic (exact) mass is 347 g/mol. The van der Waals surface area contributed by atoms with E-state index in [1.54, 1.807) is 0 Å². The highest BCUT2D eigenvalue weighted by Crippen LogP contribution is 2.26. The molecular weight excluding hydrogens is 322 g/mol. The van der Waals surface area contributed by atoms with Gasteiger partial charge in [0.05, 0.1) is 5.69 Å². The molecule has 1 N–H and O–H groups in total. The van der Waals surface area contributed by atoms with E-state index in [-0.39, 0.29) is 6.03 Å². The summed E-state index contributed by atoms with van der Waals surface area (Å²) in [6, 6.07) is 18.8. The summed E-state index contributed by atoms with van der Waals surface area (Å²) in [5.41, 5.74) is 3.41. The molecule has 0 atom stereocenters. The predicted molar refractivity (Wildman–Crippen MR) is 106 cm³/mol. The first-order valence-electron chi connectivity index (χ1n) is 9.34. The summed E-state index contributed by atoms with van der Waals surface area (Å²) in [5.74, 6) is 0.666. The van der Waals surface area contributed by atoms with Gasteiger partial charge in [0.2, 0.25) is 0 Å². The van der Waals surface area contributed by atoms with Crippen LogP contribution in [0.5, 0.6) is 0 Å². The van der Waals surface area contributed by atoms with E-state index in [2.05, 4.69) is 52.3 Å². The second-order valence-electron chi connectivity index (χ2n) is 7.22. The smallest absolute Gasteiger partial charge is 0.321 e. The Hall–Kier alpha value is -2.75. The first kappa shape index (κ1) is 16.7. The molecule has 0 radical (unpaired) electrons. The van der Waals surface area contributed by atoms with Gasteiger partial charge in [0.25, 0.3) is 0 Å². The SMILES string of the molecule is Cn1cc(NC(=O)N2CCC(Cc3ccccc3)CC2)c2ccccc21. The van der Waals surface area contributed by atoms with E-state index in [0.717, 1.165) is 48.9 Å². The summed E-state index contributed by atoms with van der Waals surface area (Å²) in [4.78, 5) is 14.6. The lowest BCUT2D eigenvalue weighted by molar-refractivity contribution is 0.182. The zero-order valence-electron chi connectivity index (χ0n) is 15.2. The van der Waals surface area contributed by atoms with Gasteiger partial charge in [0, 0.05) is 37.2 Å². The first-order valence-corrected chi connectivity index (χ1v) is 9.34. The molecule has 3 aromatic rings. The van der Waals surface area contributed by atoms with Crippen molar-refractivity contribution in [2.45, 2.75) is 19.3 Å². The van der Waals surface area contributed by atoms with Crippen molar-refractivity contribution >= 4 is 22.6 Å². The van der Waals surface area contributed by atoms with Crippen LogP contribution in [0.3, 0.4) is 0 Å². The van der Waals surface area contributed by atoms with Gasteiger partial charge in [-0.3, -0.25) is 0 Å². The number of anilines is 1. The van der Waals surface area contributed by atoms with Crippen LogP contribution in [0, 0.1) is 5.92 Å². The van der Waals surface area contributed by atoms with Crippen molar-refractivity contribution in [3.8, 4) is 0 Å². The number of likely N-dealkylation sites (tertiary alicyclic amines) is 1. The number of piperidine rings is 1. The number of rotatable bonds is 3. The highest BCUT2D eigenvalue weighted by atomic mass is 16.2. The van der Waals surface area contributed by atoms with Gasteiger partial charge >= 0.3 is 6.03 Å². The Morgan fingerprint density at radius 1 is 1.04 bits per heavy atom. The number of urea groups is 1. The molecule has 1 aliphatic heterocycles. The van der Waals surface area contributed by atoms with Gasteiger partial charge < -0.3 is 14.8 Å². The van der Waals surface area contributed by atoms with Gasteiger partial charge in [0.15, 0.2) is 0 Å². The van der Waals surface area contributed by atoms with Gasteiger partial charge in [-0.2, -0.15) is 0 Å². The van der Waals surface area contributed by atoms with Crippen molar-refractivity contribution in [3.05, 3.63) is 66.4 Å². The summed E-state index contributed by atoms with van der Waals surface area (Å²) in [5, 5.41) is 4.19. The molecule has 2 aromatic carbocycles. The van der Waals surface area contributed by atoms with Crippen LogP contribution in [0.1, 0.15) is 18.4 Å². The Morgan fingerprint density at radius 3 is 2.50 bits per heavy atom. The largest absolute Gasteiger partial charge is 0.348 e. The number of amides is 2. The normalized spacial score (nSPS) is 15.3. The molecule has 0 bridgehead atoms. The van der Waals surface area contributed by atoms with Crippen molar-refractivity contribution in [1.29, 1.82) is 0 Å². The summed E-state index contributed by atoms with van der Waals surface area (Å²) in [7, 11) is 2.01. The van der Waals surface area contributed by atoms with Crippen LogP contribution in [0.25, 0.3) is 10.9 Å². The Labute approximate surface area is 154 Å². The molecule has 1 aromatic heterocycles. The molecule has 0 aliphatic carbocycles. The van der Waals surface area contributed by atoms with Crippen LogP contribution in [0.15, 0.2) is 60.8 Å². The number of para-hydroxylation sites is 1. The molecule has 2 heterocycles. The van der Waals surface area contributed by atoms with E-state index in [0.29, 0.717) is 5.92 Å². The van der Waals surface area contributed by atoms with E-state index in [1.165, 1.54) is 5.56 Å². The number of carbonyl (C=O) groups excluding carboxylic acids is 1. The highest BCUT2D eigenvalue weighted by Gasteiger charge is 2.23. The molecule has 0 unspecified atom stereocenters. The third-order valence-corrected chi connectivity index (χ3v) is 5.41. The molecule has 1 saturated heterocycles. The average Bonchev–Trinajstić information content (AvgIpc) is 2.99. The molecule has 26 heavy (non-hydrogen) atoms. The molecule has 0 saturated carbocycles. The van der Waals surface area contributed by atoms with Crippen molar-refractivity contribution < 1.29 is 4.79 Å². The van der Waals surface area contributed by atoms with Crippen LogP contribution < -0.4 is 5.32 Å². The average molecular weight is 347 g/mol. The Morgan fingerprint density at radius 2 is 1.73 bits per heavy atom. The lowest BCUT2D eigenvalue weighted by atomic mass is 9.90. The summed E-state index contributed by atoms with van der Waals surface area (Å²) < 4.78 is 2.05. The van der Waals surface area contributed by atoms with Gasteiger partial charge in [-0.15, -0.1) is 0 Å². The number of nitrogens with zero attached hydrogens (tertiary/aromatic N) is 2. The number of aryl methyl sites for hydroxylation is 1.